The van der Waals surface area contributed by atoms with Crippen LogP contribution in [0.5, 0.6) is 0 Å². The fourth-order valence-electron chi connectivity index (χ4n) is 4.18. The van der Waals surface area contributed by atoms with Gasteiger partial charge in [0.2, 0.25) is 5.91 Å². The van der Waals surface area contributed by atoms with Gasteiger partial charge in [-0.3, -0.25) is 9.59 Å². The molecule has 2 aromatic carbocycles. The van der Waals surface area contributed by atoms with Crippen LogP contribution in [0.25, 0.3) is 11.0 Å². The fraction of sp³-hybridized carbons (Fsp3) is 0.375. The number of amides is 2. The monoisotopic (exact) mass is 422 g/mol. The van der Waals surface area contributed by atoms with Gasteiger partial charge in [0.25, 0.3) is 5.91 Å². The average Bonchev–Trinajstić information content (AvgIpc) is 3.11. The van der Waals surface area contributed by atoms with Crippen molar-refractivity contribution in [2.45, 2.75) is 45.2 Å². The summed E-state index contributed by atoms with van der Waals surface area (Å²) < 4.78 is 15.0. The summed E-state index contributed by atoms with van der Waals surface area (Å²) in [5.74, 6) is 0.226. The molecule has 3 aromatic rings. The molecule has 2 amide bonds. The highest BCUT2D eigenvalue weighted by molar-refractivity contribution is 5.94. The summed E-state index contributed by atoms with van der Waals surface area (Å²) in [6.07, 6.45) is 3.74. The van der Waals surface area contributed by atoms with Crippen LogP contribution in [-0.4, -0.2) is 45.4 Å². The Bertz CT molecular complexity index is 1080. The third kappa shape index (κ3) is 4.76. The molecule has 1 N–H and O–H groups in total. The van der Waals surface area contributed by atoms with Gasteiger partial charge >= 0.3 is 0 Å². The van der Waals surface area contributed by atoms with Gasteiger partial charge in [0.15, 0.2) is 0 Å². The van der Waals surface area contributed by atoms with Gasteiger partial charge < -0.3 is 14.8 Å². The van der Waals surface area contributed by atoms with Gasteiger partial charge in [-0.2, -0.15) is 0 Å². The summed E-state index contributed by atoms with van der Waals surface area (Å²) in [6.45, 7) is 3.52. The van der Waals surface area contributed by atoms with Gasteiger partial charge in [-0.25, -0.2) is 9.37 Å². The van der Waals surface area contributed by atoms with Crippen LogP contribution >= 0.6 is 0 Å². The summed E-state index contributed by atoms with van der Waals surface area (Å²) in [7, 11) is 0. The van der Waals surface area contributed by atoms with Crippen LogP contribution in [0.1, 0.15) is 42.4 Å². The number of nitrogens with one attached hydrogen (secondary N) is 1. The molecule has 0 aliphatic carbocycles. The summed E-state index contributed by atoms with van der Waals surface area (Å²) in [4.78, 5) is 32.0. The van der Waals surface area contributed by atoms with Crippen molar-refractivity contribution < 1.29 is 14.0 Å². The predicted molar refractivity (Wildman–Crippen MR) is 117 cm³/mol. The minimum absolute atomic E-state index is 0.104. The van der Waals surface area contributed by atoms with Crippen molar-refractivity contribution in [3.63, 3.8) is 0 Å². The minimum atomic E-state index is -0.377. The zero-order valence-corrected chi connectivity index (χ0v) is 17.7. The summed E-state index contributed by atoms with van der Waals surface area (Å²) >= 11 is 0. The largest absolute Gasteiger partial charge is 0.352 e. The van der Waals surface area contributed by atoms with Crippen molar-refractivity contribution in [3.05, 3.63) is 65.7 Å². The number of piperidine rings is 1. The molecule has 4 rings (SSSR count). The first-order valence-corrected chi connectivity index (χ1v) is 10.8. The SMILES string of the molecule is CC1CCCCN1C(=O)Cn1c(CCNC(=O)c2ccc(F)cc2)nc2ccccc21. The molecule has 1 aliphatic heterocycles. The number of para-hydroxylation sites is 2. The standard InChI is InChI=1S/C24H27FN4O2/c1-17-6-4-5-15-28(17)23(30)16-29-21-8-3-2-7-20(21)27-22(29)13-14-26-24(31)18-9-11-19(25)12-10-18/h2-3,7-12,17H,4-6,13-16H2,1H3,(H,26,31). The van der Waals surface area contributed by atoms with Crippen LogP contribution in [0.3, 0.4) is 0 Å². The Balaban J connectivity index is 1.47. The van der Waals surface area contributed by atoms with Crippen molar-refractivity contribution in [1.82, 2.24) is 19.8 Å². The minimum Gasteiger partial charge on any atom is -0.352 e. The van der Waals surface area contributed by atoms with Crippen molar-refractivity contribution in [3.8, 4) is 0 Å². The maximum atomic E-state index is 13.1. The van der Waals surface area contributed by atoms with E-state index < -0.39 is 0 Å². The van der Waals surface area contributed by atoms with E-state index in [1.54, 1.807) is 0 Å². The molecule has 0 bridgehead atoms. The molecular weight excluding hydrogens is 395 g/mol. The molecule has 2 heterocycles. The van der Waals surface area contributed by atoms with Crippen LogP contribution in [0.2, 0.25) is 0 Å². The van der Waals surface area contributed by atoms with Gasteiger partial charge in [0, 0.05) is 31.1 Å². The second-order valence-electron chi connectivity index (χ2n) is 8.05. The van der Waals surface area contributed by atoms with Gasteiger partial charge in [-0.05, 0) is 62.6 Å². The maximum absolute atomic E-state index is 13.1. The lowest BCUT2D eigenvalue weighted by Gasteiger charge is -2.33. The van der Waals surface area contributed by atoms with Crippen molar-refractivity contribution in [2.75, 3.05) is 13.1 Å². The number of rotatable bonds is 6. The molecule has 1 atom stereocenters. The highest BCUT2D eigenvalue weighted by Gasteiger charge is 2.24. The van der Waals surface area contributed by atoms with E-state index in [0.29, 0.717) is 18.5 Å². The lowest BCUT2D eigenvalue weighted by Crippen LogP contribution is -2.43. The third-order valence-electron chi connectivity index (χ3n) is 5.89. The van der Waals surface area contributed by atoms with Crippen molar-refractivity contribution >= 4 is 22.8 Å². The second-order valence-corrected chi connectivity index (χ2v) is 8.05. The first-order chi connectivity index (χ1) is 15.0. The van der Waals surface area contributed by atoms with Crippen LogP contribution < -0.4 is 5.32 Å². The number of carbonyl (C=O) groups is 2. The molecule has 1 unspecified atom stereocenters. The Morgan fingerprint density at radius 2 is 1.90 bits per heavy atom. The summed E-state index contributed by atoms with van der Waals surface area (Å²) in [5.41, 5.74) is 2.16. The normalized spacial score (nSPS) is 16.5. The second kappa shape index (κ2) is 9.29. The maximum Gasteiger partial charge on any atom is 0.251 e. The topological polar surface area (TPSA) is 67.2 Å². The number of imidazole rings is 1. The van der Waals surface area contributed by atoms with Gasteiger partial charge in [0.1, 0.15) is 18.2 Å². The molecule has 162 valence electrons. The number of likely N-dealkylation sites (tertiary alicyclic amines) is 1. The Kier molecular flexibility index (Phi) is 6.30. The first kappa shape index (κ1) is 21.0. The predicted octanol–water partition coefficient (Wildman–Crippen LogP) is 3.55. The van der Waals surface area contributed by atoms with Crippen LogP contribution in [0.4, 0.5) is 4.39 Å². The summed E-state index contributed by atoms with van der Waals surface area (Å²) in [6, 6.07) is 13.5. The molecule has 0 radical (unpaired) electrons. The molecule has 0 saturated carbocycles. The van der Waals surface area contributed by atoms with Gasteiger partial charge in [-0.1, -0.05) is 12.1 Å². The zero-order chi connectivity index (χ0) is 21.8. The number of halogens is 1. The Labute approximate surface area is 181 Å². The highest BCUT2D eigenvalue weighted by atomic mass is 19.1. The average molecular weight is 423 g/mol. The van der Waals surface area contributed by atoms with Crippen molar-refractivity contribution in [2.24, 2.45) is 0 Å². The Morgan fingerprint density at radius 3 is 2.68 bits per heavy atom. The van der Waals surface area contributed by atoms with E-state index in [0.717, 1.165) is 42.7 Å². The lowest BCUT2D eigenvalue weighted by atomic mass is 10.0. The lowest BCUT2D eigenvalue weighted by molar-refractivity contribution is -0.135. The molecule has 6 nitrogen and oxygen atoms in total. The fourth-order valence-corrected chi connectivity index (χ4v) is 4.18. The number of nitrogens with zero attached hydrogens (tertiary/aromatic N) is 3. The van der Waals surface area contributed by atoms with E-state index in [2.05, 4.69) is 12.2 Å². The Morgan fingerprint density at radius 1 is 1.13 bits per heavy atom. The molecule has 7 heteroatoms. The smallest absolute Gasteiger partial charge is 0.251 e. The number of hydrogen-bond acceptors (Lipinski definition) is 3. The molecule has 1 saturated heterocycles. The number of aromatic nitrogens is 2. The van der Waals surface area contributed by atoms with E-state index in [9.17, 15) is 14.0 Å². The van der Waals surface area contributed by atoms with Crippen LogP contribution in [0, 0.1) is 5.82 Å². The van der Waals surface area contributed by atoms with E-state index in [1.807, 2.05) is 33.7 Å². The molecular formula is C24H27FN4O2. The van der Waals surface area contributed by atoms with Gasteiger partial charge in [0.05, 0.1) is 11.0 Å². The number of carbonyl (C=O) groups excluding carboxylic acids is 2. The molecule has 1 aliphatic rings. The van der Waals surface area contributed by atoms with E-state index >= 15 is 0 Å². The molecule has 1 aromatic heterocycles. The quantitative estimate of drug-likeness (QED) is 0.661. The van der Waals surface area contributed by atoms with Crippen LogP contribution in [0.15, 0.2) is 48.5 Å². The molecule has 0 spiro atoms. The van der Waals surface area contributed by atoms with E-state index in [-0.39, 0.29) is 30.2 Å². The number of fused-ring (bicyclic) bond motifs is 1. The third-order valence-corrected chi connectivity index (χ3v) is 5.89. The van der Waals surface area contributed by atoms with E-state index in [1.165, 1.54) is 24.3 Å². The van der Waals surface area contributed by atoms with Crippen LogP contribution in [-0.2, 0) is 17.8 Å². The van der Waals surface area contributed by atoms with Gasteiger partial charge in [-0.15, -0.1) is 0 Å². The first-order valence-electron chi connectivity index (χ1n) is 10.8. The molecule has 1 fully saturated rings. The summed E-state index contributed by atoms with van der Waals surface area (Å²) in [5, 5.41) is 2.85. The number of hydrogen-bond donors (Lipinski definition) is 1. The Hall–Kier alpha value is -3.22. The highest BCUT2D eigenvalue weighted by Crippen LogP contribution is 2.20. The number of benzene rings is 2. The van der Waals surface area contributed by atoms with Crippen molar-refractivity contribution in [1.29, 1.82) is 0 Å². The molecule has 31 heavy (non-hydrogen) atoms. The van der Waals surface area contributed by atoms with E-state index in [4.69, 9.17) is 4.98 Å². The zero-order valence-electron chi connectivity index (χ0n) is 17.7.